The third-order valence-electron chi connectivity index (χ3n) is 2.10. The van der Waals surface area contributed by atoms with E-state index < -0.39 is 6.61 Å². The van der Waals surface area contributed by atoms with Gasteiger partial charge in [-0.05, 0) is 23.6 Å². The van der Waals surface area contributed by atoms with Crippen molar-refractivity contribution in [1.29, 1.82) is 0 Å². The van der Waals surface area contributed by atoms with Crippen LogP contribution in [0.2, 0.25) is 0 Å². The molecule has 0 saturated carbocycles. The molecule has 0 fully saturated rings. The van der Waals surface area contributed by atoms with Crippen LogP contribution < -0.4 is 4.74 Å². The Balaban J connectivity index is 2.24. The van der Waals surface area contributed by atoms with Crippen LogP contribution in [-0.2, 0) is 0 Å². The summed E-state index contributed by atoms with van der Waals surface area (Å²) >= 11 is 1.41. The second-order valence-corrected chi connectivity index (χ2v) is 4.03. The third kappa shape index (κ3) is 2.88. The summed E-state index contributed by atoms with van der Waals surface area (Å²) in [6, 6.07) is 7.46. The number of ether oxygens (including phenoxy) is 1. The Hall–Kier alpha value is -1.75. The van der Waals surface area contributed by atoms with Gasteiger partial charge in [0.2, 0.25) is 0 Å². The minimum absolute atomic E-state index is 0.0129. The van der Waals surface area contributed by atoms with Gasteiger partial charge >= 0.3 is 6.61 Å². The summed E-state index contributed by atoms with van der Waals surface area (Å²) in [6.45, 7) is -2.89. The summed E-state index contributed by atoms with van der Waals surface area (Å²) in [5.41, 5.74) is 0.880. The molecule has 1 heterocycles. The van der Waals surface area contributed by atoms with E-state index in [4.69, 9.17) is 0 Å². The molecule has 1 aromatic carbocycles. The van der Waals surface area contributed by atoms with Crippen molar-refractivity contribution in [2.24, 2.45) is 0 Å². The number of thiophene rings is 1. The summed E-state index contributed by atoms with van der Waals surface area (Å²) in [5.74, 6) is -0.216. The summed E-state index contributed by atoms with van der Waals surface area (Å²) in [5, 5.41) is 3.50. The molecule has 1 aromatic heterocycles. The maximum Gasteiger partial charge on any atom is 0.387 e. The minimum atomic E-state index is -2.89. The van der Waals surface area contributed by atoms with Gasteiger partial charge in [-0.3, -0.25) is 4.79 Å². The van der Waals surface area contributed by atoms with Crippen LogP contribution >= 0.6 is 11.3 Å². The smallest absolute Gasteiger partial charge is 0.387 e. The highest BCUT2D eigenvalue weighted by Gasteiger charge is 2.11. The van der Waals surface area contributed by atoms with Crippen molar-refractivity contribution in [1.82, 2.24) is 0 Å². The van der Waals surface area contributed by atoms with E-state index in [1.165, 1.54) is 29.5 Å². The van der Waals surface area contributed by atoms with Gasteiger partial charge in [-0.1, -0.05) is 12.1 Å². The zero-order valence-corrected chi connectivity index (χ0v) is 9.42. The van der Waals surface area contributed by atoms with Crippen molar-refractivity contribution in [2.45, 2.75) is 6.61 Å². The molecule has 2 nitrogen and oxygen atoms in total. The molecule has 2 rings (SSSR count). The van der Waals surface area contributed by atoms with Gasteiger partial charge in [-0.2, -0.15) is 20.1 Å². The van der Waals surface area contributed by atoms with E-state index >= 15 is 0 Å². The van der Waals surface area contributed by atoms with Crippen molar-refractivity contribution < 1.29 is 18.3 Å². The van der Waals surface area contributed by atoms with Crippen LogP contribution in [0.4, 0.5) is 8.78 Å². The molecule has 88 valence electrons. The number of hydrogen-bond acceptors (Lipinski definition) is 3. The van der Waals surface area contributed by atoms with Gasteiger partial charge in [0.25, 0.3) is 0 Å². The fraction of sp³-hybridized carbons (Fsp3) is 0.0833. The molecule has 0 N–H and O–H groups in total. The van der Waals surface area contributed by atoms with Crippen LogP contribution in [-0.4, -0.2) is 12.4 Å². The molecule has 0 spiro atoms. The maximum atomic E-state index is 12.0. The molecule has 0 aliphatic heterocycles. The summed E-state index contributed by atoms with van der Waals surface area (Å²) in [7, 11) is 0. The lowest BCUT2D eigenvalue weighted by atomic mass is 10.1. The van der Waals surface area contributed by atoms with Gasteiger partial charge in [0, 0.05) is 16.5 Å². The molecule has 0 amide bonds. The van der Waals surface area contributed by atoms with Crippen molar-refractivity contribution in [3.63, 3.8) is 0 Å². The lowest BCUT2D eigenvalue weighted by molar-refractivity contribution is -0.0498. The van der Waals surface area contributed by atoms with Gasteiger partial charge in [-0.15, -0.1) is 0 Å². The van der Waals surface area contributed by atoms with Crippen LogP contribution in [0.1, 0.15) is 15.9 Å². The van der Waals surface area contributed by atoms with Crippen molar-refractivity contribution in [3.05, 3.63) is 52.2 Å². The average molecular weight is 254 g/mol. The molecule has 17 heavy (non-hydrogen) atoms. The number of rotatable bonds is 4. The van der Waals surface area contributed by atoms with E-state index in [9.17, 15) is 13.6 Å². The number of halogens is 2. The zero-order valence-electron chi connectivity index (χ0n) is 8.60. The van der Waals surface area contributed by atoms with E-state index in [1.54, 1.807) is 22.9 Å². The van der Waals surface area contributed by atoms with E-state index in [0.29, 0.717) is 11.1 Å². The molecule has 0 aliphatic rings. The number of alkyl halides is 2. The molecular formula is C12H8F2O2S. The number of ketones is 1. The van der Waals surface area contributed by atoms with Crippen LogP contribution in [0.3, 0.4) is 0 Å². The van der Waals surface area contributed by atoms with Gasteiger partial charge in [0.05, 0.1) is 0 Å². The first-order valence-electron chi connectivity index (χ1n) is 4.78. The lowest BCUT2D eigenvalue weighted by Crippen LogP contribution is -2.04. The SMILES string of the molecule is O=C(c1ccsc1)c1cccc(OC(F)F)c1. The number of hydrogen-bond donors (Lipinski definition) is 0. The summed E-state index contributed by atoms with van der Waals surface area (Å²) in [4.78, 5) is 11.9. The molecular weight excluding hydrogens is 246 g/mol. The van der Waals surface area contributed by atoms with Gasteiger partial charge in [0.1, 0.15) is 5.75 Å². The first-order chi connectivity index (χ1) is 8.16. The van der Waals surface area contributed by atoms with Gasteiger partial charge in [-0.25, -0.2) is 0 Å². The van der Waals surface area contributed by atoms with E-state index in [-0.39, 0.29) is 11.5 Å². The molecule has 5 heteroatoms. The molecule has 0 unspecified atom stereocenters. The summed E-state index contributed by atoms with van der Waals surface area (Å²) < 4.78 is 28.3. The number of carbonyl (C=O) groups excluding carboxylic acids is 1. The highest BCUT2D eigenvalue weighted by Crippen LogP contribution is 2.19. The topological polar surface area (TPSA) is 26.3 Å². The predicted octanol–water partition coefficient (Wildman–Crippen LogP) is 3.58. The Labute approximate surface area is 100 Å². The van der Waals surface area contributed by atoms with Gasteiger partial charge in [0.15, 0.2) is 5.78 Å². The molecule has 2 aromatic rings. The quantitative estimate of drug-likeness (QED) is 0.779. The number of benzene rings is 1. The molecule has 0 saturated heterocycles. The largest absolute Gasteiger partial charge is 0.435 e. The Morgan fingerprint density at radius 1 is 1.24 bits per heavy atom. The standard InChI is InChI=1S/C12H8F2O2S/c13-12(14)16-10-3-1-2-8(6-10)11(15)9-4-5-17-7-9/h1-7,12H. The van der Waals surface area contributed by atoms with Crippen molar-refractivity contribution in [3.8, 4) is 5.75 Å². The van der Waals surface area contributed by atoms with Crippen LogP contribution in [0, 0.1) is 0 Å². The van der Waals surface area contributed by atoms with E-state index in [0.717, 1.165) is 0 Å². The first kappa shape index (κ1) is 11.7. The maximum absolute atomic E-state index is 12.0. The Bertz CT molecular complexity index is 509. The van der Waals surface area contributed by atoms with E-state index in [2.05, 4.69) is 4.74 Å². The monoisotopic (exact) mass is 254 g/mol. The van der Waals surface area contributed by atoms with Crippen molar-refractivity contribution in [2.75, 3.05) is 0 Å². The Morgan fingerprint density at radius 3 is 2.71 bits per heavy atom. The molecule has 0 bridgehead atoms. The molecule has 0 atom stereocenters. The van der Waals surface area contributed by atoms with Crippen LogP contribution in [0.15, 0.2) is 41.1 Å². The van der Waals surface area contributed by atoms with Gasteiger partial charge < -0.3 is 4.74 Å². The lowest BCUT2D eigenvalue weighted by Gasteiger charge is -2.05. The second-order valence-electron chi connectivity index (χ2n) is 3.25. The fourth-order valence-corrected chi connectivity index (χ4v) is 2.01. The normalized spacial score (nSPS) is 10.5. The highest BCUT2D eigenvalue weighted by molar-refractivity contribution is 7.08. The Morgan fingerprint density at radius 2 is 2.06 bits per heavy atom. The van der Waals surface area contributed by atoms with Crippen LogP contribution in [0.25, 0.3) is 0 Å². The van der Waals surface area contributed by atoms with Crippen molar-refractivity contribution >= 4 is 17.1 Å². The summed E-state index contributed by atoms with van der Waals surface area (Å²) in [6.07, 6.45) is 0. The average Bonchev–Trinajstić information content (AvgIpc) is 2.81. The zero-order chi connectivity index (χ0) is 12.3. The minimum Gasteiger partial charge on any atom is -0.435 e. The second kappa shape index (κ2) is 5.05. The fourth-order valence-electron chi connectivity index (χ4n) is 1.37. The molecule has 0 aliphatic carbocycles. The third-order valence-corrected chi connectivity index (χ3v) is 2.79. The van der Waals surface area contributed by atoms with Crippen LogP contribution in [0.5, 0.6) is 5.75 Å². The molecule has 0 radical (unpaired) electrons. The highest BCUT2D eigenvalue weighted by atomic mass is 32.1. The number of carbonyl (C=O) groups is 1. The first-order valence-corrected chi connectivity index (χ1v) is 5.73. The predicted molar refractivity (Wildman–Crippen MR) is 60.8 cm³/mol. The van der Waals surface area contributed by atoms with E-state index in [1.807, 2.05) is 0 Å². The Kier molecular flexibility index (Phi) is 3.49.